The number of nitro groups is 1. The topological polar surface area (TPSA) is 64.7 Å². The summed E-state index contributed by atoms with van der Waals surface area (Å²) in [7, 11) is 0. The summed E-state index contributed by atoms with van der Waals surface area (Å²) in [5, 5.41) is 15.4. The third kappa shape index (κ3) is 2.46. The van der Waals surface area contributed by atoms with Crippen molar-refractivity contribution in [3.05, 3.63) is 39.4 Å². The second kappa shape index (κ2) is 4.83. The van der Waals surface area contributed by atoms with Gasteiger partial charge < -0.3 is 4.84 Å². The van der Waals surface area contributed by atoms with Crippen LogP contribution in [-0.4, -0.2) is 22.1 Å². The van der Waals surface area contributed by atoms with Crippen LogP contribution in [0.25, 0.3) is 0 Å². The fraction of sp³-hybridized carbons (Fsp3) is 0.364. The quantitative estimate of drug-likeness (QED) is 0.490. The predicted molar refractivity (Wildman–Crippen MR) is 67.7 cm³/mol. The second-order valence-electron chi connectivity index (χ2n) is 3.88. The third-order valence-corrected chi connectivity index (χ3v) is 3.35. The van der Waals surface area contributed by atoms with Crippen LogP contribution in [0, 0.1) is 17.0 Å². The van der Waals surface area contributed by atoms with E-state index in [-0.39, 0.29) is 16.7 Å². The first-order chi connectivity index (χ1) is 8.11. The molecule has 0 radical (unpaired) electrons. The Morgan fingerprint density at radius 3 is 2.94 bits per heavy atom. The minimum atomic E-state index is -0.382. The van der Waals surface area contributed by atoms with Gasteiger partial charge in [0.25, 0.3) is 5.69 Å². The Hall–Kier alpha value is -1.43. The van der Waals surface area contributed by atoms with Crippen molar-refractivity contribution in [2.24, 2.45) is 5.16 Å². The van der Waals surface area contributed by atoms with Crippen LogP contribution >= 0.6 is 15.9 Å². The molecule has 1 heterocycles. The molecular weight excluding hydrogens is 288 g/mol. The Bertz CT molecular complexity index is 488. The number of nitro benzene ring substituents is 1. The third-order valence-electron chi connectivity index (χ3n) is 2.63. The lowest BCUT2D eigenvalue weighted by molar-refractivity contribution is -0.385. The summed E-state index contributed by atoms with van der Waals surface area (Å²) >= 11 is 3.33. The van der Waals surface area contributed by atoms with E-state index >= 15 is 0 Å². The summed E-state index contributed by atoms with van der Waals surface area (Å²) in [5.74, 6) is 0. The van der Waals surface area contributed by atoms with Crippen molar-refractivity contribution in [1.29, 1.82) is 0 Å². The number of nitrogens with zero attached hydrogens (tertiary/aromatic N) is 2. The number of hydrogen-bond donors (Lipinski definition) is 0. The monoisotopic (exact) mass is 298 g/mol. The van der Waals surface area contributed by atoms with E-state index in [9.17, 15) is 10.1 Å². The molecule has 17 heavy (non-hydrogen) atoms. The predicted octanol–water partition coefficient (Wildman–Crippen LogP) is 2.79. The average Bonchev–Trinajstić information content (AvgIpc) is 2.76. The van der Waals surface area contributed by atoms with Crippen molar-refractivity contribution < 1.29 is 9.76 Å². The van der Waals surface area contributed by atoms with Crippen LogP contribution in [0.5, 0.6) is 0 Å². The minimum Gasteiger partial charge on any atom is -0.391 e. The zero-order valence-corrected chi connectivity index (χ0v) is 10.8. The fourth-order valence-electron chi connectivity index (χ4n) is 1.72. The Morgan fingerprint density at radius 2 is 2.41 bits per heavy atom. The molecule has 1 aromatic carbocycles. The molecule has 1 unspecified atom stereocenters. The second-order valence-corrected chi connectivity index (χ2v) is 4.53. The number of halogens is 1. The van der Waals surface area contributed by atoms with Crippen LogP contribution in [0.3, 0.4) is 0 Å². The van der Waals surface area contributed by atoms with Gasteiger partial charge in [0.15, 0.2) is 0 Å². The largest absolute Gasteiger partial charge is 0.391 e. The Kier molecular flexibility index (Phi) is 3.42. The zero-order valence-electron chi connectivity index (χ0n) is 9.22. The van der Waals surface area contributed by atoms with Gasteiger partial charge in [-0.25, -0.2) is 0 Å². The van der Waals surface area contributed by atoms with Crippen LogP contribution in [0.4, 0.5) is 5.69 Å². The van der Waals surface area contributed by atoms with Gasteiger partial charge in [-0.2, -0.15) is 0 Å². The van der Waals surface area contributed by atoms with Crippen molar-refractivity contribution in [1.82, 2.24) is 0 Å². The molecule has 0 amide bonds. The molecule has 1 aliphatic rings. The van der Waals surface area contributed by atoms with Gasteiger partial charge in [-0.1, -0.05) is 21.1 Å². The number of aryl methyl sites for hydroxylation is 1. The summed E-state index contributed by atoms with van der Waals surface area (Å²) in [6.45, 7) is 1.72. The Morgan fingerprint density at radius 1 is 1.65 bits per heavy atom. The number of hydrogen-bond acceptors (Lipinski definition) is 4. The molecule has 0 N–H and O–H groups in total. The van der Waals surface area contributed by atoms with E-state index in [1.165, 1.54) is 6.07 Å². The van der Waals surface area contributed by atoms with E-state index < -0.39 is 0 Å². The van der Waals surface area contributed by atoms with Crippen LogP contribution in [-0.2, 0) is 4.84 Å². The van der Waals surface area contributed by atoms with Crippen molar-refractivity contribution in [3.8, 4) is 0 Å². The lowest BCUT2D eigenvalue weighted by Gasteiger charge is -2.03. The number of oxime groups is 1. The minimum absolute atomic E-state index is 0.0560. The molecule has 0 aromatic heterocycles. The van der Waals surface area contributed by atoms with Crippen molar-refractivity contribution in [3.63, 3.8) is 0 Å². The van der Waals surface area contributed by atoms with Crippen LogP contribution in [0.2, 0.25) is 0 Å². The molecule has 0 aliphatic carbocycles. The van der Waals surface area contributed by atoms with Crippen LogP contribution in [0.1, 0.15) is 17.5 Å². The molecule has 1 aliphatic heterocycles. The van der Waals surface area contributed by atoms with Gasteiger partial charge in [0.2, 0.25) is 0 Å². The van der Waals surface area contributed by atoms with Gasteiger partial charge in [0, 0.05) is 28.9 Å². The van der Waals surface area contributed by atoms with Crippen molar-refractivity contribution in [2.45, 2.75) is 19.4 Å². The maximum atomic E-state index is 10.7. The highest BCUT2D eigenvalue weighted by Gasteiger charge is 2.22. The molecular formula is C11H11BrN2O3. The number of alkyl halides is 1. The number of benzene rings is 1. The van der Waals surface area contributed by atoms with Crippen molar-refractivity contribution in [2.75, 3.05) is 5.33 Å². The smallest absolute Gasteiger partial charge is 0.272 e. The highest BCUT2D eigenvalue weighted by atomic mass is 79.9. The first-order valence-corrected chi connectivity index (χ1v) is 6.28. The van der Waals surface area contributed by atoms with E-state index in [0.29, 0.717) is 5.56 Å². The summed E-state index contributed by atoms with van der Waals surface area (Å²) in [4.78, 5) is 15.5. The van der Waals surface area contributed by atoms with Gasteiger partial charge >= 0.3 is 0 Å². The lowest BCUT2D eigenvalue weighted by atomic mass is 10.0. The summed E-state index contributed by atoms with van der Waals surface area (Å²) < 4.78 is 0. The molecule has 0 spiro atoms. The molecule has 5 nitrogen and oxygen atoms in total. The average molecular weight is 299 g/mol. The lowest BCUT2D eigenvalue weighted by Crippen LogP contribution is -2.09. The van der Waals surface area contributed by atoms with E-state index in [1.54, 1.807) is 19.1 Å². The van der Waals surface area contributed by atoms with E-state index in [4.69, 9.17) is 4.84 Å². The summed E-state index contributed by atoms with van der Waals surface area (Å²) in [6.07, 6.45) is 0.781. The molecule has 2 rings (SSSR count). The van der Waals surface area contributed by atoms with Crippen LogP contribution < -0.4 is 0 Å². The van der Waals surface area contributed by atoms with Gasteiger partial charge in [-0.05, 0) is 19.1 Å². The fourth-order valence-corrected chi connectivity index (χ4v) is 2.07. The molecule has 0 saturated carbocycles. The van der Waals surface area contributed by atoms with E-state index in [2.05, 4.69) is 21.1 Å². The number of rotatable bonds is 3. The molecule has 0 bridgehead atoms. The Labute approximate surface area is 107 Å². The Balaban J connectivity index is 2.24. The normalized spacial score (nSPS) is 18.7. The van der Waals surface area contributed by atoms with Crippen LogP contribution in [0.15, 0.2) is 23.4 Å². The highest BCUT2D eigenvalue weighted by Crippen LogP contribution is 2.23. The standard InChI is InChI=1S/C11H11BrN2O3/c1-7-4-8(2-3-11(7)14(15)16)10-5-9(6-12)17-13-10/h2-4,9H,5-6H2,1H3. The summed E-state index contributed by atoms with van der Waals surface area (Å²) in [6, 6.07) is 5.00. The highest BCUT2D eigenvalue weighted by molar-refractivity contribution is 9.09. The molecule has 0 fully saturated rings. The van der Waals surface area contributed by atoms with Gasteiger partial charge in [-0.15, -0.1) is 0 Å². The first kappa shape index (κ1) is 12.0. The van der Waals surface area contributed by atoms with E-state index in [1.807, 2.05) is 0 Å². The molecule has 0 saturated heterocycles. The zero-order chi connectivity index (χ0) is 12.4. The van der Waals surface area contributed by atoms with E-state index in [0.717, 1.165) is 23.0 Å². The first-order valence-electron chi connectivity index (χ1n) is 5.16. The molecule has 6 heteroatoms. The summed E-state index contributed by atoms with van der Waals surface area (Å²) in [5.41, 5.74) is 2.49. The molecule has 1 aromatic rings. The van der Waals surface area contributed by atoms with Gasteiger partial charge in [0.05, 0.1) is 10.6 Å². The van der Waals surface area contributed by atoms with Gasteiger partial charge in [-0.3, -0.25) is 10.1 Å². The maximum absolute atomic E-state index is 10.7. The SMILES string of the molecule is Cc1cc(C2=NOC(CBr)C2)ccc1[N+](=O)[O-]. The van der Waals surface area contributed by atoms with Gasteiger partial charge in [0.1, 0.15) is 6.10 Å². The maximum Gasteiger partial charge on any atom is 0.272 e. The molecule has 1 atom stereocenters. The molecule has 90 valence electrons. The van der Waals surface area contributed by atoms with Crippen molar-refractivity contribution >= 4 is 27.3 Å².